The highest BCUT2D eigenvalue weighted by atomic mass is 35.5. The maximum absolute atomic E-state index is 12.6. The van der Waals surface area contributed by atoms with E-state index in [-0.39, 0.29) is 11.9 Å². The van der Waals surface area contributed by atoms with Gasteiger partial charge in [-0.25, -0.2) is 4.79 Å². The Balaban J connectivity index is 1.40. The molecule has 0 unspecified atom stereocenters. The van der Waals surface area contributed by atoms with Crippen molar-refractivity contribution in [1.29, 1.82) is 0 Å². The van der Waals surface area contributed by atoms with Gasteiger partial charge in [-0.3, -0.25) is 14.8 Å². The molecule has 1 fully saturated rings. The summed E-state index contributed by atoms with van der Waals surface area (Å²) >= 11 is 6.14. The van der Waals surface area contributed by atoms with Gasteiger partial charge in [0, 0.05) is 55.6 Å². The Morgan fingerprint density at radius 3 is 2.34 bits per heavy atom. The second-order valence-electron chi connectivity index (χ2n) is 8.04. The molecule has 1 saturated heterocycles. The van der Waals surface area contributed by atoms with Crippen molar-refractivity contribution in [2.75, 3.05) is 43.9 Å². The van der Waals surface area contributed by atoms with Crippen LogP contribution in [0.5, 0.6) is 0 Å². The third-order valence-corrected chi connectivity index (χ3v) is 6.04. The van der Waals surface area contributed by atoms with Crippen LogP contribution < -0.4 is 10.6 Å². The number of amides is 3. The van der Waals surface area contributed by atoms with Crippen LogP contribution in [-0.4, -0.2) is 64.7 Å². The van der Waals surface area contributed by atoms with E-state index in [0.29, 0.717) is 35.2 Å². The second-order valence-corrected chi connectivity index (χ2v) is 8.44. The maximum Gasteiger partial charge on any atom is 0.323 e. The molecule has 0 saturated carbocycles. The van der Waals surface area contributed by atoms with Crippen molar-refractivity contribution in [2.24, 2.45) is 7.05 Å². The number of nitrogens with zero attached hydrogens (tertiary/aromatic N) is 4. The number of carbonyl (C=O) groups is 2. The zero-order valence-electron chi connectivity index (χ0n) is 18.3. The van der Waals surface area contributed by atoms with E-state index in [1.165, 1.54) is 0 Å². The Labute approximate surface area is 192 Å². The molecule has 0 bridgehead atoms. The zero-order valence-corrected chi connectivity index (χ0v) is 19.0. The number of allylic oxidation sites excluding steroid dienone is 2. The average Bonchev–Trinajstić information content (AvgIpc) is 3.15. The first-order valence-corrected chi connectivity index (χ1v) is 11.0. The third-order valence-electron chi connectivity index (χ3n) is 5.68. The van der Waals surface area contributed by atoms with Crippen LogP contribution in [0.2, 0.25) is 0 Å². The van der Waals surface area contributed by atoms with Gasteiger partial charge in [-0.15, -0.1) is 0 Å². The first-order valence-electron chi connectivity index (χ1n) is 10.7. The number of hydrogen-bond acceptors (Lipinski definition) is 4. The molecule has 3 amide bonds. The van der Waals surface area contributed by atoms with Crippen molar-refractivity contribution < 1.29 is 9.59 Å². The molecule has 0 spiro atoms. The number of anilines is 2. The minimum atomic E-state index is -0.217. The second kappa shape index (κ2) is 9.58. The van der Waals surface area contributed by atoms with Crippen LogP contribution in [0, 0.1) is 0 Å². The van der Waals surface area contributed by atoms with Gasteiger partial charge in [0.25, 0.3) is 5.91 Å². The van der Waals surface area contributed by atoms with Gasteiger partial charge in [0.2, 0.25) is 0 Å². The molecule has 1 aliphatic heterocycles. The lowest BCUT2D eigenvalue weighted by Gasteiger charge is -2.32. The van der Waals surface area contributed by atoms with Crippen LogP contribution in [0.3, 0.4) is 0 Å². The Hall–Kier alpha value is -3.10. The lowest BCUT2D eigenvalue weighted by molar-refractivity contribution is -0.112. The van der Waals surface area contributed by atoms with Crippen molar-refractivity contribution in [3.05, 3.63) is 53.1 Å². The summed E-state index contributed by atoms with van der Waals surface area (Å²) in [5, 5.41) is 10.8. The van der Waals surface area contributed by atoms with Crippen LogP contribution >= 0.6 is 11.6 Å². The van der Waals surface area contributed by atoms with Crippen LogP contribution in [0.25, 0.3) is 11.3 Å². The average molecular weight is 455 g/mol. The van der Waals surface area contributed by atoms with Gasteiger partial charge in [-0.2, -0.15) is 5.10 Å². The molecule has 168 valence electrons. The fraction of sp³-hybridized carbons (Fsp3) is 0.348. The van der Waals surface area contributed by atoms with E-state index >= 15 is 0 Å². The summed E-state index contributed by atoms with van der Waals surface area (Å²) in [6.45, 7) is 3.15. The number of rotatable bonds is 4. The van der Waals surface area contributed by atoms with Crippen molar-refractivity contribution in [3.63, 3.8) is 0 Å². The van der Waals surface area contributed by atoms with Gasteiger partial charge < -0.3 is 15.1 Å². The number of aryl methyl sites for hydroxylation is 1. The number of hydrogen-bond donors (Lipinski definition) is 2. The number of urea groups is 1. The lowest BCUT2D eigenvalue weighted by Crippen LogP contribution is -2.48. The molecule has 2 N–H and O–H groups in total. The molecule has 8 nitrogen and oxygen atoms in total. The van der Waals surface area contributed by atoms with Crippen LogP contribution in [-0.2, 0) is 11.8 Å². The van der Waals surface area contributed by atoms with Crippen molar-refractivity contribution in [3.8, 4) is 11.3 Å². The summed E-state index contributed by atoms with van der Waals surface area (Å²) in [7, 11) is 3.85. The van der Waals surface area contributed by atoms with Crippen molar-refractivity contribution in [1.82, 2.24) is 19.6 Å². The fourth-order valence-electron chi connectivity index (χ4n) is 3.69. The van der Waals surface area contributed by atoms with Crippen LogP contribution in [0.4, 0.5) is 16.3 Å². The molecule has 4 rings (SSSR count). The van der Waals surface area contributed by atoms with E-state index in [1.54, 1.807) is 11.7 Å². The quantitative estimate of drug-likeness (QED) is 0.738. The molecule has 2 aliphatic rings. The first kappa shape index (κ1) is 22.1. The first-order chi connectivity index (χ1) is 15.4. The smallest absolute Gasteiger partial charge is 0.322 e. The molecule has 9 heteroatoms. The van der Waals surface area contributed by atoms with Gasteiger partial charge in [-0.1, -0.05) is 35.9 Å². The molecular weight excluding hydrogens is 428 g/mol. The number of carbonyl (C=O) groups excluding carboxylic acids is 2. The van der Waals surface area contributed by atoms with Crippen LogP contribution in [0.15, 0.2) is 53.1 Å². The van der Waals surface area contributed by atoms with E-state index < -0.39 is 0 Å². The number of aromatic nitrogens is 2. The normalized spacial score (nSPS) is 16.9. The zero-order chi connectivity index (χ0) is 22.7. The highest BCUT2D eigenvalue weighted by Gasteiger charge is 2.20. The topological polar surface area (TPSA) is 82.5 Å². The number of nitrogens with one attached hydrogen (secondary N) is 2. The Bertz CT molecular complexity index is 1060. The molecule has 32 heavy (non-hydrogen) atoms. The Kier molecular flexibility index (Phi) is 6.62. The summed E-state index contributed by atoms with van der Waals surface area (Å²) in [6.07, 6.45) is 5.39. The molecule has 1 aromatic heterocycles. The molecule has 0 atom stereocenters. The summed E-state index contributed by atoms with van der Waals surface area (Å²) in [5.74, 6) is 0.414. The largest absolute Gasteiger partial charge is 0.323 e. The highest BCUT2D eigenvalue weighted by Crippen LogP contribution is 2.26. The molecule has 2 aromatic rings. The number of halogens is 1. The standard InChI is InChI=1S/C23H27ClN6O2/c1-28-11-13-30(14-12-28)23(32)26-21-15-20(27-29(21)2)16-7-9-17(10-8-16)25-22(31)18-5-3-4-6-19(18)24/h5-10,15H,3-4,11-14H2,1-2H3,(H,25,31)(H,26,32). The van der Waals surface area contributed by atoms with E-state index in [1.807, 2.05) is 47.4 Å². The van der Waals surface area contributed by atoms with E-state index in [2.05, 4.69) is 27.7 Å². The Morgan fingerprint density at radius 2 is 1.66 bits per heavy atom. The summed E-state index contributed by atoms with van der Waals surface area (Å²) in [5.41, 5.74) is 2.80. The van der Waals surface area contributed by atoms with Crippen molar-refractivity contribution >= 4 is 35.0 Å². The molecule has 0 radical (unpaired) electrons. The monoisotopic (exact) mass is 454 g/mol. The molecule has 1 aromatic carbocycles. The van der Waals surface area contributed by atoms with Gasteiger partial charge in [0.1, 0.15) is 5.82 Å². The summed E-state index contributed by atoms with van der Waals surface area (Å²) in [6, 6.07) is 9.15. The minimum absolute atomic E-state index is 0.115. The van der Waals surface area contributed by atoms with E-state index in [9.17, 15) is 9.59 Å². The lowest BCUT2D eigenvalue weighted by atomic mass is 10.1. The number of likely N-dealkylation sites (N-methyl/N-ethyl adjacent to an activating group) is 1. The predicted octanol–water partition coefficient (Wildman–Crippen LogP) is 3.65. The number of benzene rings is 1. The predicted molar refractivity (Wildman–Crippen MR) is 127 cm³/mol. The molecule has 1 aliphatic carbocycles. The number of piperazine rings is 1. The van der Waals surface area contributed by atoms with Gasteiger partial charge in [-0.05, 0) is 32.0 Å². The maximum atomic E-state index is 12.6. The molecular formula is C23H27ClN6O2. The Morgan fingerprint density at radius 1 is 0.969 bits per heavy atom. The fourth-order valence-corrected chi connectivity index (χ4v) is 3.96. The SMILES string of the molecule is CN1CCN(C(=O)Nc2cc(-c3ccc(NC(=O)C4=CCCC=C4Cl)cc3)nn2C)CC1. The summed E-state index contributed by atoms with van der Waals surface area (Å²) < 4.78 is 1.66. The summed E-state index contributed by atoms with van der Waals surface area (Å²) in [4.78, 5) is 29.1. The van der Waals surface area contributed by atoms with E-state index in [4.69, 9.17) is 11.6 Å². The van der Waals surface area contributed by atoms with Crippen molar-refractivity contribution in [2.45, 2.75) is 12.8 Å². The van der Waals surface area contributed by atoms with Crippen LogP contribution in [0.1, 0.15) is 12.8 Å². The van der Waals surface area contributed by atoms with Gasteiger partial charge in [0.05, 0.1) is 11.3 Å². The third kappa shape index (κ3) is 5.03. The minimum Gasteiger partial charge on any atom is -0.322 e. The van der Waals surface area contributed by atoms with E-state index in [0.717, 1.165) is 37.2 Å². The van der Waals surface area contributed by atoms with Gasteiger partial charge in [0.15, 0.2) is 0 Å². The molecule has 2 heterocycles. The highest BCUT2D eigenvalue weighted by molar-refractivity contribution is 6.36. The van der Waals surface area contributed by atoms with Gasteiger partial charge >= 0.3 is 6.03 Å².